The van der Waals surface area contributed by atoms with Crippen molar-refractivity contribution in [3.05, 3.63) is 136 Å². The Hall–Kier alpha value is -4.75. The van der Waals surface area contributed by atoms with Crippen LogP contribution in [0.5, 0.6) is 5.75 Å². The van der Waals surface area contributed by atoms with Crippen LogP contribution < -0.4 is 10.1 Å². The highest BCUT2D eigenvalue weighted by atomic mass is 32.1. The van der Waals surface area contributed by atoms with Gasteiger partial charge in [0, 0.05) is 17.5 Å². The zero-order valence-corrected chi connectivity index (χ0v) is 22.8. The first-order valence-electron chi connectivity index (χ1n) is 13.5. The van der Waals surface area contributed by atoms with Gasteiger partial charge < -0.3 is 15.0 Å². The summed E-state index contributed by atoms with van der Waals surface area (Å²) in [5.74, 6) is -1.10. The summed E-state index contributed by atoms with van der Waals surface area (Å²) in [6, 6.07) is 24.5. The maximum Gasteiger partial charge on any atom is 0.238 e. The molecule has 41 heavy (non-hydrogen) atoms. The van der Waals surface area contributed by atoms with Crippen molar-refractivity contribution in [1.29, 1.82) is 0 Å². The van der Waals surface area contributed by atoms with E-state index in [1.54, 1.807) is 36.4 Å². The number of amides is 1. The van der Waals surface area contributed by atoms with E-state index in [0.29, 0.717) is 28.5 Å². The van der Waals surface area contributed by atoms with Crippen molar-refractivity contribution in [3.63, 3.8) is 0 Å². The first-order valence-corrected chi connectivity index (χ1v) is 14.3. The van der Waals surface area contributed by atoms with Crippen LogP contribution in [0.15, 0.2) is 109 Å². The molecular weight excluding hydrogens is 532 g/mol. The van der Waals surface area contributed by atoms with Crippen LogP contribution >= 0.6 is 11.3 Å². The van der Waals surface area contributed by atoms with Gasteiger partial charge in [0.15, 0.2) is 11.6 Å². The zero-order valence-electron chi connectivity index (χ0n) is 22.0. The van der Waals surface area contributed by atoms with E-state index in [9.17, 15) is 14.4 Å². The van der Waals surface area contributed by atoms with Crippen LogP contribution in [-0.4, -0.2) is 35.0 Å². The number of benzene rings is 3. The maximum absolute atomic E-state index is 14.8. The van der Waals surface area contributed by atoms with Crippen molar-refractivity contribution in [2.75, 3.05) is 11.9 Å². The van der Waals surface area contributed by atoms with Gasteiger partial charge in [-0.25, -0.2) is 0 Å². The van der Waals surface area contributed by atoms with Crippen LogP contribution in [0.3, 0.4) is 0 Å². The Morgan fingerprint density at radius 3 is 2.54 bits per heavy atom. The largest absolute Gasteiger partial charge is 0.490 e. The van der Waals surface area contributed by atoms with E-state index in [4.69, 9.17) is 4.74 Å². The third kappa shape index (κ3) is 3.66. The van der Waals surface area contributed by atoms with Gasteiger partial charge in [0.25, 0.3) is 0 Å². The number of ketones is 2. The van der Waals surface area contributed by atoms with Gasteiger partial charge in [-0.1, -0.05) is 61.2 Å². The average Bonchev–Trinajstić information content (AvgIpc) is 3.72. The van der Waals surface area contributed by atoms with E-state index in [1.165, 1.54) is 11.3 Å². The monoisotopic (exact) mass is 558 g/mol. The Kier molecular flexibility index (Phi) is 5.98. The van der Waals surface area contributed by atoms with Gasteiger partial charge in [-0.3, -0.25) is 14.4 Å². The lowest BCUT2D eigenvalue weighted by Crippen LogP contribution is -2.49. The summed E-state index contributed by atoms with van der Waals surface area (Å²) in [5, 5.41) is 4.93. The molecule has 4 aromatic rings. The molecule has 202 valence electrons. The highest BCUT2D eigenvalue weighted by Crippen LogP contribution is 2.62. The molecule has 6 nitrogen and oxygen atoms in total. The van der Waals surface area contributed by atoms with Gasteiger partial charge in [0.2, 0.25) is 5.91 Å². The molecule has 0 aliphatic carbocycles. The molecule has 1 N–H and O–H groups in total. The van der Waals surface area contributed by atoms with Gasteiger partial charge in [0.05, 0.1) is 16.8 Å². The van der Waals surface area contributed by atoms with Crippen molar-refractivity contribution in [1.82, 2.24) is 4.90 Å². The Morgan fingerprint density at radius 2 is 1.76 bits per heavy atom. The molecule has 1 amide bonds. The maximum atomic E-state index is 14.8. The van der Waals surface area contributed by atoms with E-state index in [0.717, 1.165) is 16.7 Å². The van der Waals surface area contributed by atoms with E-state index >= 15 is 0 Å². The fraction of sp³-hybridized carbons (Fsp3) is 0.147. The standard InChI is InChI=1S/C34H26N2O4S/c1-2-19-40-23-15-13-22(14-16-23)30(37)28-29(31(38)27-12-7-20-41-27)36-18-17-21-8-3-4-9-24(21)32(36)34(28)25-10-5-6-11-26(25)35-33(34)39/h2-18,20,28-29,32H,1,19H2,(H,35,39). The number of nitrogens with one attached hydrogen (secondary N) is 1. The number of Topliss-reactive ketones (excluding diaryl/α,β-unsaturated/α-hetero) is 2. The smallest absolute Gasteiger partial charge is 0.238 e. The molecule has 4 unspecified atom stereocenters. The molecule has 1 aromatic heterocycles. The van der Waals surface area contributed by atoms with Gasteiger partial charge in [-0.05, 0) is 64.5 Å². The lowest BCUT2D eigenvalue weighted by atomic mass is 9.63. The number of carbonyl (C=O) groups is 3. The third-order valence-electron chi connectivity index (χ3n) is 8.39. The first-order chi connectivity index (χ1) is 20.1. The van der Waals surface area contributed by atoms with Crippen LogP contribution in [0.25, 0.3) is 6.08 Å². The summed E-state index contributed by atoms with van der Waals surface area (Å²) in [7, 11) is 0. The Morgan fingerprint density at radius 1 is 0.976 bits per heavy atom. The molecule has 1 spiro atoms. The molecule has 0 saturated carbocycles. The quantitative estimate of drug-likeness (QED) is 0.213. The number of fused-ring (bicyclic) bond motifs is 6. The van der Waals surface area contributed by atoms with E-state index in [1.807, 2.05) is 77.2 Å². The van der Waals surface area contributed by atoms with Gasteiger partial charge in [-0.2, -0.15) is 0 Å². The van der Waals surface area contributed by atoms with Crippen molar-refractivity contribution >= 4 is 40.6 Å². The minimum absolute atomic E-state index is 0.174. The SMILES string of the molecule is C=CCOc1ccc(C(=O)C2C(C(=O)c3cccs3)N3C=Cc4ccccc4C3C23C(=O)Nc2ccccc23)cc1. The molecule has 3 aliphatic heterocycles. The number of hydrogen-bond donors (Lipinski definition) is 1. The number of hydrogen-bond acceptors (Lipinski definition) is 6. The minimum Gasteiger partial charge on any atom is -0.490 e. The molecule has 4 atom stereocenters. The minimum atomic E-state index is -1.34. The van der Waals surface area contributed by atoms with E-state index < -0.39 is 23.4 Å². The van der Waals surface area contributed by atoms with Crippen molar-refractivity contribution < 1.29 is 19.1 Å². The van der Waals surface area contributed by atoms with Crippen LogP contribution in [0.2, 0.25) is 0 Å². The summed E-state index contributed by atoms with van der Waals surface area (Å²) < 4.78 is 5.63. The topological polar surface area (TPSA) is 75.7 Å². The Bertz CT molecular complexity index is 1730. The summed E-state index contributed by atoms with van der Waals surface area (Å²) in [5.41, 5.74) is 2.34. The van der Waals surface area contributed by atoms with Crippen molar-refractivity contribution in [3.8, 4) is 5.75 Å². The third-order valence-corrected chi connectivity index (χ3v) is 9.28. The predicted octanol–water partition coefficient (Wildman–Crippen LogP) is 6.29. The number of rotatable bonds is 7. The molecule has 3 aromatic carbocycles. The lowest BCUT2D eigenvalue weighted by molar-refractivity contribution is -0.122. The molecule has 3 aliphatic rings. The number of nitrogens with zero attached hydrogens (tertiary/aromatic N) is 1. The number of para-hydroxylation sites is 1. The molecule has 0 bridgehead atoms. The summed E-state index contributed by atoms with van der Waals surface area (Å²) in [6.07, 6.45) is 5.50. The number of ether oxygens (including phenoxy) is 1. The molecule has 1 fully saturated rings. The fourth-order valence-electron chi connectivity index (χ4n) is 6.78. The fourth-order valence-corrected chi connectivity index (χ4v) is 7.48. The van der Waals surface area contributed by atoms with Crippen LogP contribution in [-0.2, 0) is 10.2 Å². The van der Waals surface area contributed by atoms with Crippen molar-refractivity contribution in [2.45, 2.75) is 17.5 Å². The van der Waals surface area contributed by atoms with Gasteiger partial charge in [0.1, 0.15) is 23.8 Å². The number of thiophene rings is 1. The second-order valence-electron chi connectivity index (χ2n) is 10.4. The van der Waals surface area contributed by atoms with Gasteiger partial charge in [-0.15, -0.1) is 11.3 Å². The van der Waals surface area contributed by atoms with Crippen LogP contribution in [0.4, 0.5) is 5.69 Å². The molecular formula is C34H26N2O4S. The zero-order chi connectivity index (χ0) is 28.1. The molecule has 7 rings (SSSR count). The number of anilines is 1. The summed E-state index contributed by atoms with van der Waals surface area (Å²) in [4.78, 5) is 46.1. The van der Waals surface area contributed by atoms with Gasteiger partial charge >= 0.3 is 0 Å². The normalized spacial score (nSPS) is 23.5. The van der Waals surface area contributed by atoms with Crippen molar-refractivity contribution in [2.24, 2.45) is 5.92 Å². The summed E-state index contributed by atoms with van der Waals surface area (Å²) >= 11 is 1.34. The molecule has 7 heteroatoms. The second-order valence-corrected chi connectivity index (χ2v) is 11.4. The Balaban J connectivity index is 1.48. The molecule has 1 saturated heterocycles. The van der Waals surface area contributed by atoms with Crippen LogP contribution in [0.1, 0.15) is 42.8 Å². The average molecular weight is 559 g/mol. The van der Waals surface area contributed by atoms with E-state index in [2.05, 4.69) is 11.9 Å². The first kappa shape index (κ1) is 25.2. The Labute approximate surface area is 241 Å². The lowest BCUT2D eigenvalue weighted by Gasteiger charge is -2.38. The molecule has 4 heterocycles. The summed E-state index contributed by atoms with van der Waals surface area (Å²) in [6.45, 7) is 4.02. The highest BCUT2D eigenvalue weighted by molar-refractivity contribution is 7.12. The van der Waals surface area contributed by atoms with E-state index in [-0.39, 0.29) is 17.5 Å². The van der Waals surface area contributed by atoms with Crippen LogP contribution in [0, 0.1) is 5.92 Å². The highest BCUT2D eigenvalue weighted by Gasteiger charge is 2.70. The second kappa shape index (κ2) is 9.71. The predicted molar refractivity (Wildman–Crippen MR) is 159 cm³/mol. The molecule has 0 radical (unpaired) electrons. The number of carbonyl (C=O) groups excluding carboxylic acids is 3.